The second-order valence-corrected chi connectivity index (χ2v) is 15.0. The van der Waals surface area contributed by atoms with Crippen molar-refractivity contribution >= 4 is 74.6 Å². The summed E-state index contributed by atoms with van der Waals surface area (Å²) >= 11 is 1.88. The Morgan fingerprint density at radius 2 is 0.868 bits per heavy atom. The molecule has 0 N–H and O–H groups in total. The minimum absolute atomic E-state index is 0.906. The minimum Gasteiger partial charge on any atom is -0.461 e. The van der Waals surface area contributed by atoms with Gasteiger partial charge in [-0.25, -0.2) is 0 Å². The summed E-state index contributed by atoms with van der Waals surface area (Å²) in [6.45, 7) is 2.02. The van der Waals surface area contributed by atoms with Crippen molar-refractivity contribution in [2.24, 2.45) is 0 Å². The van der Waals surface area contributed by atoms with Crippen molar-refractivity contribution in [2.75, 3.05) is 0 Å². The summed E-state index contributed by atoms with van der Waals surface area (Å²) in [6.07, 6.45) is 0. The van der Waals surface area contributed by atoms with E-state index in [9.17, 15) is 0 Å². The molecule has 2 aromatic heterocycles. The lowest BCUT2D eigenvalue weighted by Crippen LogP contribution is -1.91. The van der Waals surface area contributed by atoms with Crippen molar-refractivity contribution in [2.45, 2.75) is 6.92 Å². The Bertz CT molecular complexity index is 3120. The molecular weight excluding hydrogens is 661 g/mol. The van der Waals surface area contributed by atoms with Gasteiger partial charge in [-0.05, 0) is 114 Å². The molecule has 9 aromatic carbocycles. The molecule has 0 aliphatic carbocycles. The predicted octanol–water partition coefficient (Wildman–Crippen LogP) is 15.2. The summed E-state index contributed by atoms with van der Waals surface area (Å²) in [6, 6.07) is 64.5. The van der Waals surface area contributed by atoms with Gasteiger partial charge >= 0.3 is 0 Å². The van der Waals surface area contributed by atoms with Gasteiger partial charge in [0.1, 0.15) is 11.5 Å². The normalized spacial score (nSPS) is 11.9. The van der Waals surface area contributed by atoms with Crippen LogP contribution in [0.2, 0.25) is 0 Å². The first-order valence-corrected chi connectivity index (χ1v) is 19.0. The lowest BCUT2D eigenvalue weighted by molar-refractivity contribution is 0.549. The van der Waals surface area contributed by atoms with Crippen molar-refractivity contribution in [3.05, 3.63) is 182 Å². The molecule has 0 unspecified atom stereocenters. The fourth-order valence-corrected chi connectivity index (χ4v) is 9.91. The molecule has 11 rings (SSSR count). The van der Waals surface area contributed by atoms with Crippen LogP contribution in [0.4, 0.5) is 0 Å². The maximum atomic E-state index is 6.30. The van der Waals surface area contributed by atoms with E-state index in [2.05, 4.69) is 176 Å². The number of rotatable bonds is 4. The summed E-state index contributed by atoms with van der Waals surface area (Å²) in [7, 11) is 0. The van der Waals surface area contributed by atoms with Gasteiger partial charge in [0.2, 0.25) is 0 Å². The molecule has 0 bridgehead atoms. The summed E-state index contributed by atoms with van der Waals surface area (Å²) in [4.78, 5) is 0. The molecule has 0 amide bonds. The van der Waals surface area contributed by atoms with E-state index in [0.717, 1.165) is 17.1 Å². The van der Waals surface area contributed by atoms with E-state index >= 15 is 0 Å². The quantitative estimate of drug-likeness (QED) is 0.167. The molecule has 0 radical (unpaired) electrons. The van der Waals surface area contributed by atoms with Gasteiger partial charge in [0.15, 0.2) is 0 Å². The van der Waals surface area contributed by atoms with Crippen LogP contribution in [0, 0.1) is 6.92 Å². The van der Waals surface area contributed by atoms with E-state index in [1.165, 1.54) is 96.6 Å². The van der Waals surface area contributed by atoms with E-state index in [4.69, 9.17) is 4.42 Å². The standard InChI is InChI=1S/C51H32OS/c1-31-26-28-44(52-31)50-40-22-11-9-20-38(40)49(39-21-10-12-23-41(39)50)42-24-13-25-46-51(42)43-30-33(27-29-45(43)53-46)48-36-18-7-5-16-34(36)47(32-14-3-2-4-15-32)35-17-6-8-19-37(35)48/h2-30H,1H3. The van der Waals surface area contributed by atoms with Crippen LogP contribution in [-0.4, -0.2) is 0 Å². The number of hydrogen-bond acceptors (Lipinski definition) is 2. The first kappa shape index (κ1) is 30.2. The van der Waals surface area contributed by atoms with Gasteiger partial charge < -0.3 is 4.42 Å². The van der Waals surface area contributed by atoms with Crippen molar-refractivity contribution < 1.29 is 4.42 Å². The summed E-state index contributed by atoms with van der Waals surface area (Å²) < 4.78 is 8.88. The third-order valence-electron chi connectivity index (χ3n) is 11.0. The van der Waals surface area contributed by atoms with Crippen LogP contribution in [-0.2, 0) is 0 Å². The molecular formula is C51H32OS. The lowest BCUT2D eigenvalue weighted by Gasteiger charge is -2.18. The lowest BCUT2D eigenvalue weighted by atomic mass is 9.85. The molecule has 248 valence electrons. The number of aryl methyl sites for hydroxylation is 1. The fourth-order valence-electron chi connectivity index (χ4n) is 8.80. The topological polar surface area (TPSA) is 13.1 Å². The summed E-state index contributed by atoms with van der Waals surface area (Å²) in [5, 5.41) is 12.5. The highest BCUT2D eigenvalue weighted by Crippen LogP contribution is 2.50. The Morgan fingerprint density at radius 1 is 0.358 bits per heavy atom. The molecule has 11 aromatic rings. The van der Waals surface area contributed by atoms with Gasteiger partial charge in [0, 0.05) is 25.7 Å². The van der Waals surface area contributed by atoms with Crippen molar-refractivity contribution in [1.29, 1.82) is 0 Å². The number of thiophene rings is 1. The summed E-state index contributed by atoms with van der Waals surface area (Å²) in [5.41, 5.74) is 8.72. The zero-order chi connectivity index (χ0) is 35.0. The summed E-state index contributed by atoms with van der Waals surface area (Å²) in [5.74, 6) is 1.82. The zero-order valence-electron chi connectivity index (χ0n) is 29.1. The Balaban J connectivity index is 1.23. The smallest absolute Gasteiger partial charge is 0.135 e. The van der Waals surface area contributed by atoms with E-state index in [1.54, 1.807) is 0 Å². The van der Waals surface area contributed by atoms with Crippen molar-refractivity contribution in [1.82, 2.24) is 0 Å². The van der Waals surface area contributed by atoms with Gasteiger partial charge in [-0.2, -0.15) is 0 Å². The Morgan fingerprint density at radius 3 is 1.42 bits per heavy atom. The molecule has 53 heavy (non-hydrogen) atoms. The fraction of sp³-hybridized carbons (Fsp3) is 0.0196. The van der Waals surface area contributed by atoms with Crippen molar-refractivity contribution in [3.8, 4) is 44.7 Å². The highest BCUT2D eigenvalue weighted by Gasteiger charge is 2.22. The minimum atomic E-state index is 0.906. The van der Waals surface area contributed by atoms with Gasteiger partial charge in [-0.1, -0.05) is 146 Å². The molecule has 0 aliphatic rings. The molecule has 0 fully saturated rings. The molecule has 0 atom stereocenters. The largest absolute Gasteiger partial charge is 0.461 e. The number of benzene rings is 9. The second kappa shape index (κ2) is 11.8. The number of hydrogen-bond donors (Lipinski definition) is 0. The number of furan rings is 1. The Kier molecular flexibility index (Phi) is 6.71. The average Bonchev–Trinajstić information content (AvgIpc) is 3.82. The van der Waals surface area contributed by atoms with Gasteiger partial charge in [0.05, 0.1) is 0 Å². The van der Waals surface area contributed by atoms with Crippen LogP contribution in [0.25, 0.3) is 108 Å². The molecule has 1 nitrogen and oxygen atoms in total. The van der Waals surface area contributed by atoms with E-state index in [0.29, 0.717) is 0 Å². The van der Waals surface area contributed by atoms with E-state index in [1.807, 2.05) is 18.3 Å². The molecule has 2 heteroatoms. The molecule has 0 aliphatic heterocycles. The zero-order valence-corrected chi connectivity index (χ0v) is 29.9. The van der Waals surface area contributed by atoms with Crippen LogP contribution in [0.15, 0.2) is 180 Å². The highest BCUT2D eigenvalue weighted by molar-refractivity contribution is 7.26. The molecule has 0 saturated carbocycles. The third kappa shape index (κ3) is 4.56. The van der Waals surface area contributed by atoms with Crippen molar-refractivity contribution in [3.63, 3.8) is 0 Å². The van der Waals surface area contributed by atoms with E-state index < -0.39 is 0 Å². The van der Waals surface area contributed by atoms with Gasteiger partial charge in [-0.3, -0.25) is 0 Å². The maximum Gasteiger partial charge on any atom is 0.135 e. The predicted molar refractivity (Wildman–Crippen MR) is 228 cm³/mol. The highest BCUT2D eigenvalue weighted by atomic mass is 32.1. The molecule has 2 heterocycles. The molecule has 0 saturated heterocycles. The molecule has 0 spiro atoms. The van der Waals surface area contributed by atoms with Gasteiger partial charge in [0.25, 0.3) is 0 Å². The van der Waals surface area contributed by atoms with E-state index in [-0.39, 0.29) is 0 Å². The maximum absolute atomic E-state index is 6.30. The number of fused-ring (bicyclic) bond motifs is 7. The Hall–Kier alpha value is -6.48. The van der Waals surface area contributed by atoms with Crippen LogP contribution in [0.5, 0.6) is 0 Å². The SMILES string of the molecule is Cc1ccc(-c2c3ccccc3c(-c3cccc4sc5ccc(-c6c7ccccc7c(-c7ccccc7)c7ccccc67)cc5c34)c3ccccc23)o1. The van der Waals surface area contributed by atoms with Crippen LogP contribution < -0.4 is 0 Å². The van der Waals surface area contributed by atoms with Crippen LogP contribution in [0.1, 0.15) is 5.76 Å². The third-order valence-corrected chi connectivity index (χ3v) is 12.1. The Labute approximate surface area is 311 Å². The monoisotopic (exact) mass is 692 g/mol. The second-order valence-electron chi connectivity index (χ2n) is 14.0. The average molecular weight is 693 g/mol. The first-order chi connectivity index (χ1) is 26.2. The van der Waals surface area contributed by atoms with Gasteiger partial charge in [-0.15, -0.1) is 11.3 Å². The first-order valence-electron chi connectivity index (χ1n) is 18.2. The van der Waals surface area contributed by atoms with Crippen LogP contribution >= 0.6 is 11.3 Å². The van der Waals surface area contributed by atoms with Crippen LogP contribution in [0.3, 0.4) is 0 Å².